The van der Waals surface area contributed by atoms with Gasteiger partial charge in [-0.2, -0.15) is 0 Å². The van der Waals surface area contributed by atoms with E-state index >= 15 is 0 Å². The van der Waals surface area contributed by atoms with Crippen LogP contribution in [0, 0.1) is 5.92 Å². The van der Waals surface area contributed by atoms with Crippen LogP contribution >= 0.6 is 0 Å². The topological polar surface area (TPSA) is 42.2 Å². The lowest BCUT2D eigenvalue weighted by Crippen LogP contribution is -2.35. The van der Waals surface area contributed by atoms with Gasteiger partial charge in [-0.15, -0.1) is 0 Å². The smallest absolute Gasteiger partial charge is 0.133 e. The number of hydrogen-bond donors (Lipinski definition) is 1. The Morgan fingerprint density at radius 2 is 2.21 bits per heavy atom. The van der Waals surface area contributed by atoms with E-state index in [0.29, 0.717) is 18.5 Å². The van der Waals surface area contributed by atoms with Crippen molar-refractivity contribution in [2.45, 2.75) is 58.5 Å². The molecule has 104 valence electrons. The van der Waals surface area contributed by atoms with Gasteiger partial charge in [0.15, 0.2) is 0 Å². The van der Waals surface area contributed by atoms with Gasteiger partial charge in [-0.3, -0.25) is 0 Å². The Bertz CT molecular complexity index is 467. The summed E-state index contributed by atoms with van der Waals surface area (Å²) in [6.45, 7) is 6.38. The zero-order chi connectivity index (χ0) is 13.4. The third kappa shape index (κ3) is 2.25. The molecular weight excluding hydrogens is 234 g/mol. The number of aromatic nitrogens is 1. The fourth-order valence-electron chi connectivity index (χ4n) is 3.66. The summed E-state index contributed by atoms with van der Waals surface area (Å²) in [6.07, 6.45) is 6.16. The normalized spacial score (nSPS) is 22.3. The number of nitrogens with two attached hydrogens (primary N) is 1. The Morgan fingerprint density at radius 3 is 2.95 bits per heavy atom. The van der Waals surface area contributed by atoms with E-state index in [1.165, 1.54) is 48.3 Å². The van der Waals surface area contributed by atoms with E-state index in [-0.39, 0.29) is 0 Å². The molecule has 0 bridgehead atoms. The van der Waals surface area contributed by atoms with Crippen LogP contribution in [0.15, 0.2) is 6.07 Å². The molecule has 0 amide bonds. The largest absolute Gasteiger partial charge is 0.353 e. The predicted molar refractivity (Wildman–Crippen MR) is 79.4 cm³/mol. The molecular formula is C16H25N3. The van der Waals surface area contributed by atoms with Crippen LogP contribution in [-0.4, -0.2) is 17.6 Å². The molecule has 0 saturated carbocycles. The van der Waals surface area contributed by atoms with Gasteiger partial charge in [0.1, 0.15) is 5.82 Å². The van der Waals surface area contributed by atoms with E-state index < -0.39 is 0 Å². The van der Waals surface area contributed by atoms with E-state index in [1.54, 1.807) is 0 Å². The van der Waals surface area contributed by atoms with Crippen molar-refractivity contribution in [1.29, 1.82) is 0 Å². The Kier molecular flexibility index (Phi) is 3.48. The van der Waals surface area contributed by atoms with Crippen LogP contribution in [-0.2, 0) is 19.4 Å². The Balaban J connectivity index is 1.99. The number of fused-ring (bicyclic) bond motifs is 1. The number of anilines is 1. The quantitative estimate of drug-likeness (QED) is 0.907. The maximum Gasteiger partial charge on any atom is 0.133 e. The number of hydrogen-bond acceptors (Lipinski definition) is 3. The number of aryl methyl sites for hydroxylation is 2. The van der Waals surface area contributed by atoms with Gasteiger partial charge in [0.25, 0.3) is 0 Å². The molecule has 1 atom stereocenters. The first kappa shape index (κ1) is 12.9. The molecule has 19 heavy (non-hydrogen) atoms. The lowest BCUT2D eigenvalue weighted by atomic mass is 10.0. The molecule has 1 aliphatic carbocycles. The summed E-state index contributed by atoms with van der Waals surface area (Å²) in [5.41, 5.74) is 9.97. The van der Waals surface area contributed by atoms with Gasteiger partial charge in [-0.25, -0.2) is 4.98 Å². The monoisotopic (exact) mass is 259 g/mol. The summed E-state index contributed by atoms with van der Waals surface area (Å²) in [7, 11) is 0. The molecule has 1 saturated heterocycles. The number of rotatable bonds is 3. The first-order valence-corrected chi connectivity index (χ1v) is 7.69. The third-order valence-corrected chi connectivity index (χ3v) is 4.67. The first-order chi connectivity index (χ1) is 9.20. The fraction of sp³-hybridized carbons (Fsp3) is 0.688. The van der Waals surface area contributed by atoms with Crippen molar-refractivity contribution in [3.63, 3.8) is 0 Å². The first-order valence-electron chi connectivity index (χ1n) is 7.69. The van der Waals surface area contributed by atoms with E-state index in [9.17, 15) is 0 Å². The second kappa shape index (κ2) is 5.12. The van der Waals surface area contributed by atoms with Gasteiger partial charge < -0.3 is 10.6 Å². The average Bonchev–Trinajstić information content (AvgIpc) is 3.05. The SMILES string of the molecule is CC(C)C1CCCN1c1nc2c(cc1CN)CCC2. The standard InChI is InChI=1S/C16H25N3/c1-11(2)15-7-4-8-19(15)16-13(10-17)9-12-5-3-6-14(12)18-16/h9,11,15H,3-8,10,17H2,1-2H3. The van der Waals surface area contributed by atoms with Crippen molar-refractivity contribution < 1.29 is 0 Å². The van der Waals surface area contributed by atoms with E-state index in [1.807, 2.05) is 0 Å². The summed E-state index contributed by atoms with van der Waals surface area (Å²) < 4.78 is 0. The summed E-state index contributed by atoms with van der Waals surface area (Å²) in [5, 5.41) is 0. The van der Waals surface area contributed by atoms with Gasteiger partial charge in [0, 0.05) is 30.4 Å². The minimum absolute atomic E-state index is 0.608. The van der Waals surface area contributed by atoms with Crippen LogP contribution < -0.4 is 10.6 Å². The highest BCUT2D eigenvalue weighted by atomic mass is 15.2. The zero-order valence-electron chi connectivity index (χ0n) is 12.2. The summed E-state index contributed by atoms with van der Waals surface area (Å²) in [6, 6.07) is 2.96. The molecule has 3 nitrogen and oxygen atoms in total. The summed E-state index contributed by atoms with van der Waals surface area (Å²) >= 11 is 0. The van der Waals surface area contributed by atoms with Crippen LogP contribution in [0.5, 0.6) is 0 Å². The molecule has 2 N–H and O–H groups in total. The summed E-state index contributed by atoms with van der Waals surface area (Å²) in [4.78, 5) is 7.50. The molecule has 2 heterocycles. The fourth-order valence-corrected chi connectivity index (χ4v) is 3.66. The van der Waals surface area contributed by atoms with Crippen molar-refractivity contribution >= 4 is 5.82 Å². The number of nitrogens with zero attached hydrogens (tertiary/aromatic N) is 2. The molecule has 3 heteroatoms. The van der Waals surface area contributed by atoms with Crippen molar-refractivity contribution in [3.05, 3.63) is 22.9 Å². The lowest BCUT2D eigenvalue weighted by Gasteiger charge is -2.30. The summed E-state index contributed by atoms with van der Waals surface area (Å²) in [5.74, 6) is 1.86. The highest BCUT2D eigenvalue weighted by Crippen LogP contribution is 2.33. The maximum atomic E-state index is 5.97. The van der Waals surface area contributed by atoms with Crippen molar-refractivity contribution in [2.24, 2.45) is 11.7 Å². The lowest BCUT2D eigenvalue weighted by molar-refractivity contribution is 0.488. The molecule has 1 fully saturated rings. The average molecular weight is 259 g/mol. The number of pyridine rings is 1. The molecule has 1 aliphatic heterocycles. The molecule has 0 radical (unpaired) electrons. The second-order valence-corrected chi connectivity index (χ2v) is 6.28. The molecule has 2 aliphatic rings. The highest BCUT2D eigenvalue weighted by Gasteiger charge is 2.30. The highest BCUT2D eigenvalue weighted by molar-refractivity contribution is 5.52. The van der Waals surface area contributed by atoms with Gasteiger partial charge in [-0.05, 0) is 49.7 Å². The molecule has 0 aromatic carbocycles. The Hall–Kier alpha value is -1.09. The molecule has 1 aromatic heterocycles. The van der Waals surface area contributed by atoms with Crippen molar-refractivity contribution in [2.75, 3.05) is 11.4 Å². The molecule has 3 rings (SSSR count). The van der Waals surface area contributed by atoms with Crippen LogP contribution in [0.3, 0.4) is 0 Å². The second-order valence-electron chi connectivity index (χ2n) is 6.28. The molecule has 0 spiro atoms. The van der Waals surface area contributed by atoms with Crippen LogP contribution in [0.2, 0.25) is 0 Å². The van der Waals surface area contributed by atoms with Crippen LogP contribution in [0.4, 0.5) is 5.82 Å². The van der Waals surface area contributed by atoms with E-state index in [2.05, 4.69) is 24.8 Å². The van der Waals surface area contributed by atoms with E-state index in [4.69, 9.17) is 10.7 Å². The van der Waals surface area contributed by atoms with Crippen molar-refractivity contribution in [1.82, 2.24) is 4.98 Å². The predicted octanol–water partition coefficient (Wildman–Crippen LogP) is 2.65. The van der Waals surface area contributed by atoms with Gasteiger partial charge in [-0.1, -0.05) is 13.8 Å². The third-order valence-electron chi connectivity index (χ3n) is 4.67. The van der Waals surface area contributed by atoms with Crippen LogP contribution in [0.1, 0.15) is 49.9 Å². The van der Waals surface area contributed by atoms with E-state index in [0.717, 1.165) is 13.0 Å². The zero-order valence-corrected chi connectivity index (χ0v) is 12.2. The maximum absolute atomic E-state index is 5.97. The van der Waals surface area contributed by atoms with Crippen LogP contribution in [0.25, 0.3) is 0 Å². The van der Waals surface area contributed by atoms with Gasteiger partial charge in [0.2, 0.25) is 0 Å². The molecule has 1 unspecified atom stereocenters. The Morgan fingerprint density at radius 1 is 1.37 bits per heavy atom. The molecule has 1 aromatic rings. The van der Waals surface area contributed by atoms with Gasteiger partial charge >= 0.3 is 0 Å². The van der Waals surface area contributed by atoms with Gasteiger partial charge in [0.05, 0.1) is 0 Å². The minimum Gasteiger partial charge on any atom is -0.353 e. The van der Waals surface area contributed by atoms with Crippen molar-refractivity contribution in [3.8, 4) is 0 Å². The minimum atomic E-state index is 0.608. The Labute approximate surface area is 116 Å².